The number of rotatable bonds is 2. The van der Waals surface area contributed by atoms with Crippen LogP contribution in [0.1, 0.15) is 12.8 Å². The molecule has 0 N–H and O–H groups in total. The van der Waals surface area contributed by atoms with Crippen LogP contribution in [0.25, 0.3) is 0 Å². The van der Waals surface area contributed by atoms with Crippen molar-refractivity contribution in [1.29, 1.82) is 0 Å². The summed E-state index contributed by atoms with van der Waals surface area (Å²) in [6.45, 7) is 1.36. The maximum atomic E-state index is 11.8. The summed E-state index contributed by atoms with van der Waals surface area (Å²) in [7, 11) is -3.15. The highest BCUT2D eigenvalue weighted by atomic mass is 32.2. The molecule has 0 aromatic carbocycles. The van der Waals surface area contributed by atoms with E-state index in [0.717, 1.165) is 12.8 Å². The van der Waals surface area contributed by atoms with Gasteiger partial charge in [0.15, 0.2) is 0 Å². The van der Waals surface area contributed by atoms with Gasteiger partial charge in [0.1, 0.15) is 0 Å². The molecular weight excluding hydrogens is 206 g/mol. The number of hydrogen-bond donors (Lipinski definition) is 0. The summed E-state index contributed by atoms with van der Waals surface area (Å²) >= 11 is 1.42. The van der Waals surface area contributed by atoms with Crippen molar-refractivity contribution < 1.29 is 8.42 Å². The van der Waals surface area contributed by atoms with E-state index in [0.29, 0.717) is 18.0 Å². The first-order valence-electron chi connectivity index (χ1n) is 4.23. The van der Waals surface area contributed by atoms with Crippen LogP contribution in [-0.4, -0.2) is 25.8 Å². The van der Waals surface area contributed by atoms with Crippen LogP contribution in [-0.2, 0) is 10.0 Å². The molecule has 3 nitrogen and oxygen atoms in total. The van der Waals surface area contributed by atoms with Gasteiger partial charge in [0.2, 0.25) is 10.0 Å². The molecule has 72 valence electrons. The van der Waals surface area contributed by atoms with Crippen LogP contribution in [0, 0.1) is 0 Å². The fourth-order valence-corrected chi connectivity index (χ4v) is 4.01. The molecule has 0 bridgehead atoms. The molecule has 0 atom stereocenters. The van der Waals surface area contributed by atoms with Crippen LogP contribution in [0.15, 0.2) is 21.7 Å². The molecule has 1 aliphatic rings. The van der Waals surface area contributed by atoms with E-state index in [-0.39, 0.29) is 0 Å². The first-order valence-corrected chi connectivity index (χ1v) is 6.62. The Morgan fingerprint density at radius 2 is 2.00 bits per heavy atom. The quantitative estimate of drug-likeness (QED) is 0.753. The maximum absolute atomic E-state index is 11.8. The summed E-state index contributed by atoms with van der Waals surface area (Å²) < 4.78 is 25.2. The number of nitrogens with zero attached hydrogens (tertiary/aromatic N) is 1. The van der Waals surface area contributed by atoms with Crippen molar-refractivity contribution in [2.24, 2.45) is 0 Å². The second kappa shape index (κ2) is 3.40. The molecule has 5 heteroatoms. The lowest BCUT2D eigenvalue weighted by Gasteiger charge is -2.13. The van der Waals surface area contributed by atoms with Crippen molar-refractivity contribution in [1.82, 2.24) is 4.31 Å². The monoisotopic (exact) mass is 217 g/mol. The van der Waals surface area contributed by atoms with Gasteiger partial charge in [-0.05, 0) is 24.3 Å². The Bertz CT molecular complexity index is 363. The molecule has 2 heterocycles. The van der Waals surface area contributed by atoms with E-state index in [9.17, 15) is 8.42 Å². The number of hydrogen-bond acceptors (Lipinski definition) is 3. The average molecular weight is 217 g/mol. The molecule has 0 spiro atoms. The smallest absolute Gasteiger partial charge is 0.207 e. The second-order valence-corrected chi connectivity index (χ2v) is 5.79. The molecule has 1 saturated heterocycles. The van der Waals surface area contributed by atoms with Gasteiger partial charge in [-0.15, -0.1) is 0 Å². The molecule has 0 aliphatic carbocycles. The Morgan fingerprint density at radius 1 is 1.31 bits per heavy atom. The normalized spacial score (nSPS) is 19.4. The standard InChI is InChI=1S/C8H11NO2S2/c10-13(11,8-3-6-12-7-8)9-4-1-2-5-9/h3,6-7H,1-2,4-5H2. The Kier molecular flexibility index (Phi) is 2.40. The van der Waals surface area contributed by atoms with Crippen molar-refractivity contribution in [3.05, 3.63) is 16.8 Å². The van der Waals surface area contributed by atoms with Crippen LogP contribution in [0.4, 0.5) is 0 Å². The van der Waals surface area contributed by atoms with E-state index in [2.05, 4.69) is 0 Å². The molecule has 0 amide bonds. The van der Waals surface area contributed by atoms with Gasteiger partial charge in [-0.1, -0.05) is 0 Å². The van der Waals surface area contributed by atoms with Crippen LogP contribution in [0.2, 0.25) is 0 Å². The number of thiophene rings is 1. The van der Waals surface area contributed by atoms with Gasteiger partial charge < -0.3 is 0 Å². The van der Waals surface area contributed by atoms with E-state index < -0.39 is 10.0 Å². The highest BCUT2D eigenvalue weighted by Crippen LogP contribution is 2.22. The predicted molar refractivity (Wildman–Crippen MR) is 52.3 cm³/mol. The fourth-order valence-electron chi connectivity index (χ4n) is 1.48. The van der Waals surface area contributed by atoms with E-state index >= 15 is 0 Å². The zero-order valence-corrected chi connectivity index (χ0v) is 8.77. The van der Waals surface area contributed by atoms with E-state index in [1.165, 1.54) is 11.3 Å². The summed E-state index contributed by atoms with van der Waals surface area (Å²) in [5.41, 5.74) is 0. The second-order valence-electron chi connectivity index (χ2n) is 3.07. The fraction of sp³-hybridized carbons (Fsp3) is 0.500. The van der Waals surface area contributed by atoms with E-state index in [1.807, 2.05) is 0 Å². The summed E-state index contributed by atoms with van der Waals surface area (Å²) in [5, 5.41) is 3.48. The highest BCUT2D eigenvalue weighted by Gasteiger charge is 2.26. The lowest BCUT2D eigenvalue weighted by molar-refractivity contribution is 0.478. The first-order chi connectivity index (χ1) is 6.21. The van der Waals surface area contributed by atoms with Gasteiger partial charge in [0, 0.05) is 18.5 Å². The van der Waals surface area contributed by atoms with E-state index in [1.54, 1.807) is 21.1 Å². The van der Waals surface area contributed by atoms with Crippen LogP contribution in [0.5, 0.6) is 0 Å². The highest BCUT2D eigenvalue weighted by molar-refractivity contribution is 7.89. The van der Waals surface area contributed by atoms with Gasteiger partial charge in [-0.25, -0.2) is 8.42 Å². The topological polar surface area (TPSA) is 37.4 Å². The third-order valence-corrected chi connectivity index (χ3v) is 4.92. The third kappa shape index (κ3) is 1.63. The minimum absolute atomic E-state index is 0.444. The molecule has 1 aliphatic heterocycles. The van der Waals surface area contributed by atoms with Crippen molar-refractivity contribution >= 4 is 21.4 Å². The summed E-state index contributed by atoms with van der Waals surface area (Å²) in [5.74, 6) is 0. The maximum Gasteiger partial charge on any atom is 0.243 e. The Hall–Kier alpha value is -0.390. The van der Waals surface area contributed by atoms with Gasteiger partial charge in [-0.3, -0.25) is 0 Å². The SMILES string of the molecule is O=S(=O)(c1ccsc1)N1CCCC1. The summed E-state index contributed by atoms with van der Waals surface area (Å²) in [6, 6.07) is 1.66. The lowest BCUT2D eigenvalue weighted by atomic mass is 10.4. The molecule has 0 radical (unpaired) electrons. The van der Waals surface area contributed by atoms with Crippen LogP contribution < -0.4 is 0 Å². The van der Waals surface area contributed by atoms with Gasteiger partial charge in [0.05, 0.1) is 4.90 Å². The molecule has 1 aromatic heterocycles. The summed E-state index contributed by atoms with van der Waals surface area (Å²) in [6.07, 6.45) is 1.98. The Labute approximate surface area is 82.0 Å². The number of sulfonamides is 1. The van der Waals surface area contributed by atoms with Gasteiger partial charge >= 0.3 is 0 Å². The summed E-state index contributed by atoms with van der Waals surface area (Å²) in [4.78, 5) is 0.444. The van der Waals surface area contributed by atoms with Crippen molar-refractivity contribution in [2.75, 3.05) is 13.1 Å². The van der Waals surface area contributed by atoms with Crippen molar-refractivity contribution in [3.63, 3.8) is 0 Å². The molecule has 2 rings (SSSR count). The van der Waals surface area contributed by atoms with Crippen molar-refractivity contribution in [3.8, 4) is 0 Å². The molecule has 0 saturated carbocycles. The molecule has 13 heavy (non-hydrogen) atoms. The molecule has 1 aromatic rings. The molecular formula is C8H11NO2S2. The first kappa shape index (κ1) is 9.18. The van der Waals surface area contributed by atoms with Crippen LogP contribution >= 0.6 is 11.3 Å². The van der Waals surface area contributed by atoms with Crippen molar-refractivity contribution in [2.45, 2.75) is 17.7 Å². The van der Waals surface area contributed by atoms with Gasteiger partial charge in [0.25, 0.3) is 0 Å². The molecule has 0 unspecified atom stereocenters. The zero-order valence-electron chi connectivity index (χ0n) is 7.14. The van der Waals surface area contributed by atoms with Crippen LogP contribution in [0.3, 0.4) is 0 Å². The van der Waals surface area contributed by atoms with Gasteiger partial charge in [-0.2, -0.15) is 15.6 Å². The zero-order chi connectivity index (χ0) is 9.31. The lowest BCUT2D eigenvalue weighted by Crippen LogP contribution is -2.27. The average Bonchev–Trinajstić information content (AvgIpc) is 2.78. The minimum atomic E-state index is -3.15. The Balaban J connectivity index is 2.30. The molecule has 1 fully saturated rings. The predicted octanol–water partition coefficient (Wildman–Crippen LogP) is 1.53. The minimum Gasteiger partial charge on any atom is -0.207 e. The van der Waals surface area contributed by atoms with E-state index in [4.69, 9.17) is 0 Å². The third-order valence-electron chi connectivity index (χ3n) is 2.20. The largest absolute Gasteiger partial charge is 0.243 e. The Morgan fingerprint density at radius 3 is 2.54 bits per heavy atom.